The molecule has 0 amide bonds. The third-order valence-corrected chi connectivity index (χ3v) is 5.82. The van der Waals surface area contributed by atoms with Crippen LogP contribution in [-0.4, -0.2) is 31.9 Å². The van der Waals surface area contributed by atoms with E-state index < -0.39 is 15.6 Å². The first-order valence-corrected chi connectivity index (χ1v) is 9.14. The zero-order chi connectivity index (χ0) is 17.3. The molecule has 1 atom stereocenters. The van der Waals surface area contributed by atoms with Crippen molar-refractivity contribution < 1.29 is 17.6 Å². The summed E-state index contributed by atoms with van der Waals surface area (Å²) in [5.41, 5.74) is 0.530. The summed E-state index contributed by atoms with van der Waals surface area (Å²) in [7, 11) is -3.52. The monoisotopic (exact) mass is 349 g/mol. The van der Waals surface area contributed by atoms with Gasteiger partial charge >= 0.3 is 5.63 Å². The van der Waals surface area contributed by atoms with Crippen LogP contribution in [0.5, 0.6) is 5.75 Å². The maximum Gasteiger partial charge on any atom is 0.339 e. The third kappa shape index (κ3) is 3.52. The van der Waals surface area contributed by atoms with Gasteiger partial charge in [-0.25, -0.2) is 13.2 Å². The van der Waals surface area contributed by atoms with Gasteiger partial charge in [-0.2, -0.15) is 4.31 Å². The Morgan fingerprint density at radius 1 is 1.17 bits per heavy atom. The normalized spacial score (nSPS) is 18.7. The molecule has 128 valence electrons. The summed E-state index contributed by atoms with van der Waals surface area (Å²) in [4.78, 5) is 11.7. The van der Waals surface area contributed by atoms with Crippen LogP contribution in [0.2, 0.25) is 0 Å². The molecule has 6 nitrogen and oxygen atoms in total. The number of aryl methyl sites for hydroxylation is 2. The van der Waals surface area contributed by atoms with Gasteiger partial charge in [-0.05, 0) is 32.4 Å². The molecule has 24 heavy (non-hydrogen) atoms. The van der Waals surface area contributed by atoms with Gasteiger partial charge in [-0.15, -0.1) is 0 Å². The maximum absolute atomic E-state index is 12.7. The van der Waals surface area contributed by atoms with Gasteiger partial charge in [0.05, 0.1) is 17.5 Å². The minimum Gasteiger partial charge on any atom is -0.489 e. The van der Waals surface area contributed by atoms with Crippen molar-refractivity contribution in [2.75, 3.05) is 13.1 Å². The van der Waals surface area contributed by atoms with E-state index in [9.17, 15) is 13.2 Å². The van der Waals surface area contributed by atoms with Gasteiger partial charge in [-0.3, -0.25) is 0 Å². The first-order valence-electron chi connectivity index (χ1n) is 7.70. The molecule has 0 radical (unpaired) electrons. The highest BCUT2D eigenvalue weighted by Gasteiger charge is 2.33. The number of benzene rings is 1. The van der Waals surface area contributed by atoms with E-state index in [1.165, 1.54) is 10.4 Å². The number of ether oxygens (including phenoxy) is 1. The highest BCUT2D eigenvalue weighted by molar-refractivity contribution is 7.89. The molecule has 1 unspecified atom stereocenters. The Labute approximate surface area is 140 Å². The first-order chi connectivity index (χ1) is 11.3. The predicted octanol–water partition coefficient (Wildman–Crippen LogP) is 2.10. The van der Waals surface area contributed by atoms with E-state index in [1.54, 1.807) is 37.3 Å². The molecule has 0 bridgehead atoms. The summed E-state index contributed by atoms with van der Waals surface area (Å²) in [5.74, 6) is 0.864. The Morgan fingerprint density at radius 2 is 1.88 bits per heavy atom. The molecule has 1 aliphatic heterocycles. The van der Waals surface area contributed by atoms with Crippen LogP contribution in [0, 0.1) is 13.8 Å². The molecule has 3 rings (SSSR count). The van der Waals surface area contributed by atoms with Gasteiger partial charge in [0.25, 0.3) is 0 Å². The zero-order valence-corrected chi connectivity index (χ0v) is 14.4. The van der Waals surface area contributed by atoms with Crippen LogP contribution in [0.3, 0.4) is 0 Å². The van der Waals surface area contributed by atoms with Gasteiger partial charge in [0.2, 0.25) is 10.0 Å². The molecule has 1 aliphatic rings. The van der Waals surface area contributed by atoms with Crippen LogP contribution in [0.1, 0.15) is 17.7 Å². The van der Waals surface area contributed by atoms with E-state index in [0.29, 0.717) is 24.5 Å². The topological polar surface area (TPSA) is 76.8 Å². The lowest BCUT2D eigenvalue weighted by atomic mass is 10.2. The molecule has 0 saturated carbocycles. The Bertz CT molecular complexity index is 886. The first kappa shape index (κ1) is 16.7. The molecule has 7 heteroatoms. The fourth-order valence-electron chi connectivity index (χ4n) is 2.71. The van der Waals surface area contributed by atoms with Gasteiger partial charge < -0.3 is 9.15 Å². The number of rotatable bonds is 4. The van der Waals surface area contributed by atoms with E-state index in [-0.39, 0.29) is 17.5 Å². The Hall–Kier alpha value is -2.12. The van der Waals surface area contributed by atoms with Crippen LogP contribution < -0.4 is 10.4 Å². The predicted molar refractivity (Wildman–Crippen MR) is 88.7 cm³/mol. The maximum atomic E-state index is 12.7. The minimum absolute atomic E-state index is 0.259. The standard InChI is InChI=1S/C17H19NO5S/c1-12-3-5-16(6-4-12)24(20,21)18-8-7-14(11-18)23-15-9-13(2)22-17(19)10-15/h3-6,9-10,14H,7-8,11H2,1-2H3. The lowest BCUT2D eigenvalue weighted by Crippen LogP contribution is -2.31. The Kier molecular flexibility index (Phi) is 4.47. The summed E-state index contributed by atoms with van der Waals surface area (Å²) >= 11 is 0. The molecule has 0 spiro atoms. The molecule has 1 saturated heterocycles. The van der Waals surface area contributed by atoms with E-state index in [2.05, 4.69) is 0 Å². The van der Waals surface area contributed by atoms with Crippen molar-refractivity contribution in [1.29, 1.82) is 0 Å². The second kappa shape index (κ2) is 6.41. The van der Waals surface area contributed by atoms with Crippen molar-refractivity contribution in [3.8, 4) is 5.75 Å². The lowest BCUT2D eigenvalue weighted by Gasteiger charge is -2.17. The van der Waals surface area contributed by atoms with Crippen molar-refractivity contribution in [3.63, 3.8) is 0 Å². The summed E-state index contributed by atoms with van der Waals surface area (Å²) in [6.45, 7) is 4.22. The molecule has 0 N–H and O–H groups in total. The molecule has 1 aromatic heterocycles. The molecular weight excluding hydrogens is 330 g/mol. The summed E-state index contributed by atoms with van der Waals surface area (Å²) in [6.07, 6.45) is 0.288. The van der Waals surface area contributed by atoms with E-state index in [1.807, 2.05) is 6.92 Å². The second-order valence-electron chi connectivity index (χ2n) is 5.93. The molecular formula is C17H19NO5S. The van der Waals surface area contributed by atoms with Crippen molar-refractivity contribution in [2.24, 2.45) is 0 Å². The average Bonchev–Trinajstić information content (AvgIpc) is 2.96. The van der Waals surface area contributed by atoms with Crippen molar-refractivity contribution in [2.45, 2.75) is 31.3 Å². The minimum atomic E-state index is -3.52. The fourth-order valence-corrected chi connectivity index (χ4v) is 4.19. The van der Waals surface area contributed by atoms with E-state index in [4.69, 9.17) is 9.15 Å². The fraction of sp³-hybridized carbons (Fsp3) is 0.353. The largest absolute Gasteiger partial charge is 0.489 e. The SMILES string of the molecule is Cc1ccc(S(=O)(=O)N2CCC(Oc3cc(C)oc(=O)c3)C2)cc1. The number of nitrogens with zero attached hydrogens (tertiary/aromatic N) is 1. The summed E-state index contributed by atoms with van der Waals surface area (Å²) in [6, 6.07) is 9.68. The number of sulfonamides is 1. The van der Waals surface area contributed by atoms with Crippen LogP contribution >= 0.6 is 0 Å². The average molecular weight is 349 g/mol. The van der Waals surface area contributed by atoms with Crippen LogP contribution in [0.4, 0.5) is 0 Å². The molecule has 1 aromatic carbocycles. The van der Waals surface area contributed by atoms with Crippen LogP contribution in [-0.2, 0) is 10.0 Å². The molecule has 1 fully saturated rings. The Morgan fingerprint density at radius 3 is 2.54 bits per heavy atom. The lowest BCUT2D eigenvalue weighted by molar-refractivity contribution is 0.213. The van der Waals surface area contributed by atoms with Gasteiger partial charge in [0.15, 0.2) is 0 Å². The smallest absolute Gasteiger partial charge is 0.339 e. The van der Waals surface area contributed by atoms with Gasteiger partial charge in [-0.1, -0.05) is 17.7 Å². The molecule has 0 aliphatic carbocycles. The van der Waals surface area contributed by atoms with Gasteiger partial charge in [0, 0.05) is 12.6 Å². The summed E-state index contributed by atoms with van der Waals surface area (Å²) < 4.78 is 37.4. The highest BCUT2D eigenvalue weighted by Crippen LogP contribution is 2.24. The number of hydrogen-bond donors (Lipinski definition) is 0. The summed E-state index contributed by atoms with van der Waals surface area (Å²) in [5, 5.41) is 0. The quantitative estimate of drug-likeness (QED) is 0.845. The van der Waals surface area contributed by atoms with Crippen LogP contribution in [0.15, 0.2) is 50.5 Å². The van der Waals surface area contributed by atoms with Crippen LogP contribution in [0.25, 0.3) is 0 Å². The zero-order valence-electron chi connectivity index (χ0n) is 13.6. The Balaban J connectivity index is 1.72. The molecule has 2 aromatic rings. The van der Waals surface area contributed by atoms with Crippen molar-refractivity contribution in [1.82, 2.24) is 4.31 Å². The van der Waals surface area contributed by atoms with E-state index >= 15 is 0 Å². The molecule has 2 heterocycles. The third-order valence-electron chi connectivity index (χ3n) is 3.94. The van der Waals surface area contributed by atoms with Crippen molar-refractivity contribution >= 4 is 10.0 Å². The second-order valence-corrected chi connectivity index (χ2v) is 7.87. The van der Waals surface area contributed by atoms with Gasteiger partial charge in [0.1, 0.15) is 17.6 Å². The van der Waals surface area contributed by atoms with E-state index in [0.717, 1.165) is 5.56 Å². The van der Waals surface area contributed by atoms with Crippen molar-refractivity contribution in [3.05, 3.63) is 58.1 Å². The number of hydrogen-bond acceptors (Lipinski definition) is 5. The highest BCUT2D eigenvalue weighted by atomic mass is 32.2.